The number of hydrogen-bond donors (Lipinski definition) is 1. The lowest BCUT2D eigenvalue weighted by atomic mass is 10.2. The van der Waals surface area contributed by atoms with Crippen LogP contribution in [0.2, 0.25) is 10.0 Å². The van der Waals surface area contributed by atoms with Crippen LogP contribution < -0.4 is 5.32 Å². The third-order valence-corrected chi connectivity index (χ3v) is 3.62. The fourth-order valence-corrected chi connectivity index (χ4v) is 2.97. The molecule has 5 heteroatoms. The summed E-state index contributed by atoms with van der Waals surface area (Å²) in [6.07, 6.45) is 0. The van der Waals surface area contributed by atoms with E-state index in [1.54, 1.807) is 11.3 Å². The Kier molecular flexibility index (Phi) is 3.82. The molecular formula is C11H10Cl2N2S. The van der Waals surface area contributed by atoms with Crippen molar-refractivity contribution in [3.8, 4) is 10.6 Å². The van der Waals surface area contributed by atoms with Gasteiger partial charge in [-0.05, 0) is 19.2 Å². The van der Waals surface area contributed by atoms with Crippen LogP contribution in [0.15, 0.2) is 23.6 Å². The van der Waals surface area contributed by atoms with E-state index in [0.717, 1.165) is 22.8 Å². The number of nitrogens with zero attached hydrogens (tertiary/aromatic N) is 1. The Balaban J connectivity index is 2.42. The van der Waals surface area contributed by atoms with Crippen molar-refractivity contribution in [2.45, 2.75) is 6.54 Å². The first-order chi connectivity index (χ1) is 7.72. The molecule has 0 aliphatic carbocycles. The summed E-state index contributed by atoms with van der Waals surface area (Å²) in [6.45, 7) is 0.749. The first kappa shape index (κ1) is 11.9. The largest absolute Gasteiger partial charge is 0.314 e. The maximum atomic E-state index is 6.12. The van der Waals surface area contributed by atoms with Crippen LogP contribution in [-0.2, 0) is 6.54 Å². The van der Waals surface area contributed by atoms with E-state index in [1.165, 1.54) is 0 Å². The van der Waals surface area contributed by atoms with Crippen LogP contribution >= 0.6 is 34.5 Å². The Labute approximate surface area is 108 Å². The number of rotatable bonds is 3. The first-order valence-corrected chi connectivity index (χ1v) is 6.39. The number of nitrogens with one attached hydrogen (secondary N) is 1. The van der Waals surface area contributed by atoms with Crippen molar-refractivity contribution >= 4 is 34.5 Å². The van der Waals surface area contributed by atoms with Crippen molar-refractivity contribution in [3.63, 3.8) is 0 Å². The summed E-state index contributed by atoms with van der Waals surface area (Å²) in [5.41, 5.74) is 1.82. The maximum Gasteiger partial charge on any atom is 0.126 e. The van der Waals surface area contributed by atoms with Gasteiger partial charge < -0.3 is 5.32 Å². The molecule has 1 heterocycles. The molecule has 1 N–H and O–H groups in total. The average Bonchev–Trinajstić information content (AvgIpc) is 2.67. The zero-order valence-corrected chi connectivity index (χ0v) is 11.0. The topological polar surface area (TPSA) is 24.9 Å². The van der Waals surface area contributed by atoms with E-state index in [1.807, 2.05) is 30.6 Å². The molecule has 0 unspecified atom stereocenters. The summed E-state index contributed by atoms with van der Waals surface area (Å²) in [7, 11) is 1.89. The van der Waals surface area contributed by atoms with Gasteiger partial charge >= 0.3 is 0 Å². The second kappa shape index (κ2) is 5.15. The smallest absolute Gasteiger partial charge is 0.126 e. The summed E-state index contributed by atoms with van der Waals surface area (Å²) in [5.74, 6) is 0. The van der Waals surface area contributed by atoms with E-state index < -0.39 is 0 Å². The van der Waals surface area contributed by atoms with Gasteiger partial charge in [-0.25, -0.2) is 4.98 Å². The molecule has 2 rings (SSSR count). The van der Waals surface area contributed by atoms with E-state index in [4.69, 9.17) is 23.2 Å². The predicted molar refractivity (Wildman–Crippen MR) is 70.3 cm³/mol. The Bertz CT molecular complexity index is 476. The number of hydrogen-bond acceptors (Lipinski definition) is 3. The quantitative estimate of drug-likeness (QED) is 0.919. The van der Waals surface area contributed by atoms with Crippen molar-refractivity contribution < 1.29 is 0 Å². The summed E-state index contributed by atoms with van der Waals surface area (Å²) in [5, 5.41) is 7.20. The lowest BCUT2D eigenvalue weighted by Gasteiger charge is -2.02. The maximum absolute atomic E-state index is 6.12. The Morgan fingerprint density at radius 1 is 1.31 bits per heavy atom. The van der Waals surface area contributed by atoms with Gasteiger partial charge in [-0.1, -0.05) is 29.3 Å². The average molecular weight is 273 g/mol. The molecule has 0 fully saturated rings. The lowest BCUT2D eigenvalue weighted by Crippen LogP contribution is -2.04. The molecule has 0 bridgehead atoms. The van der Waals surface area contributed by atoms with E-state index in [-0.39, 0.29) is 0 Å². The molecule has 16 heavy (non-hydrogen) atoms. The highest BCUT2D eigenvalue weighted by Crippen LogP contribution is 2.36. The zero-order valence-electron chi connectivity index (χ0n) is 8.63. The fraction of sp³-hybridized carbons (Fsp3) is 0.182. The van der Waals surface area contributed by atoms with Gasteiger partial charge in [0.1, 0.15) is 5.01 Å². The van der Waals surface area contributed by atoms with Crippen LogP contribution in [0.5, 0.6) is 0 Å². The van der Waals surface area contributed by atoms with Gasteiger partial charge in [-0.2, -0.15) is 0 Å². The standard InChI is InChI=1S/C11H10Cl2N2S/c1-14-5-7-6-16-11(15-7)10-8(12)3-2-4-9(10)13/h2-4,6,14H,5H2,1H3. The van der Waals surface area contributed by atoms with Gasteiger partial charge in [-0.3, -0.25) is 0 Å². The van der Waals surface area contributed by atoms with E-state index in [9.17, 15) is 0 Å². The molecule has 1 aromatic carbocycles. The van der Waals surface area contributed by atoms with Crippen molar-refractivity contribution in [1.29, 1.82) is 0 Å². The van der Waals surface area contributed by atoms with Crippen molar-refractivity contribution in [1.82, 2.24) is 10.3 Å². The third kappa shape index (κ3) is 2.38. The molecule has 2 aromatic rings. The Morgan fingerprint density at radius 3 is 2.62 bits per heavy atom. The van der Waals surface area contributed by atoms with Gasteiger partial charge in [0, 0.05) is 17.5 Å². The fourth-order valence-electron chi connectivity index (χ4n) is 1.39. The van der Waals surface area contributed by atoms with Crippen LogP contribution in [-0.4, -0.2) is 12.0 Å². The molecule has 1 aromatic heterocycles. The van der Waals surface area contributed by atoms with Gasteiger partial charge in [0.2, 0.25) is 0 Å². The summed E-state index contributed by atoms with van der Waals surface area (Å²) in [6, 6.07) is 5.47. The second-order valence-electron chi connectivity index (χ2n) is 3.27. The molecular weight excluding hydrogens is 263 g/mol. The Morgan fingerprint density at radius 2 is 2.00 bits per heavy atom. The van der Waals surface area contributed by atoms with Crippen LogP contribution in [0, 0.1) is 0 Å². The lowest BCUT2D eigenvalue weighted by molar-refractivity contribution is 0.798. The number of thiazole rings is 1. The Hall–Kier alpha value is -0.610. The van der Waals surface area contributed by atoms with Crippen LogP contribution in [0.25, 0.3) is 10.6 Å². The van der Waals surface area contributed by atoms with Crippen LogP contribution in [0.3, 0.4) is 0 Å². The predicted octanol–water partition coefficient (Wildman–Crippen LogP) is 3.84. The van der Waals surface area contributed by atoms with Gasteiger partial charge in [0.15, 0.2) is 0 Å². The molecule has 0 aliphatic rings. The molecule has 0 amide bonds. The highest BCUT2D eigenvalue weighted by molar-refractivity contribution is 7.13. The minimum absolute atomic E-state index is 0.637. The van der Waals surface area contributed by atoms with Gasteiger partial charge in [0.05, 0.1) is 15.7 Å². The molecule has 0 radical (unpaired) electrons. The minimum Gasteiger partial charge on any atom is -0.314 e. The second-order valence-corrected chi connectivity index (χ2v) is 4.94. The van der Waals surface area contributed by atoms with Gasteiger partial charge in [0.25, 0.3) is 0 Å². The number of aromatic nitrogens is 1. The monoisotopic (exact) mass is 272 g/mol. The van der Waals surface area contributed by atoms with Crippen LogP contribution in [0.4, 0.5) is 0 Å². The highest BCUT2D eigenvalue weighted by Gasteiger charge is 2.11. The number of benzene rings is 1. The van der Waals surface area contributed by atoms with E-state index in [0.29, 0.717) is 10.0 Å². The normalized spacial score (nSPS) is 10.7. The van der Waals surface area contributed by atoms with Crippen molar-refractivity contribution in [3.05, 3.63) is 39.3 Å². The van der Waals surface area contributed by atoms with E-state index in [2.05, 4.69) is 10.3 Å². The molecule has 0 saturated heterocycles. The highest BCUT2D eigenvalue weighted by atomic mass is 35.5. The van der Waals surface area contributed by atoms with Crippen molar-refractivity contribution in [2.75, 3.05) is 7.05 Å². The summed E-state index contributed by atoms with van der Waals surface area (Å²) >= 11 is 13.8. The SMILES string of the molecule is CNCc1csc(-c2c(Cl)cccc2Cl)n1. The molecule has 0 aliphatic heterocycles. The zero-order chi connectivity index (χ0) is 11.5. The minimum atomic E-state index is 0.637. The number of halogens is 2. The molecule has 84 valence electrons. The van der Waals surface area contributed by atoms with Crippen LogP contribution in [0.1, 0.15) is 5.69 Å². The van der Waals surface area contributed by atoms with Crippen molar-refractivity contribution in [2.24, 2.45) is 0 Å². The summed E-state index contributed by atoms with van der Waals surface area (Å²) in [4.78, 5) is 4.48. The molecule has 0 spiro atoms. The third-order valence-electron chi connectivity index (χ3n) is 2.09. The molecule has 0 atom stereocenters. The van der Waals surface area contributed by atoms with Gasteiger partial charge in [-0.15, -0.1) is 11.3 Å². The molecule has 2 nitrogen and oxygen atoms in total. The molecule has 0 saturated carbocycles. The first-order valence-electron chi connectivity index (χ1n) is 4.75. The summed E-state index contributed by atoms with van der Waals surface area (Å²) < 4.78 is 0. The van der Waals surface area contributed by atoms with E-state index >= 15 is 0 Å².